The molecule has 14 heavy (non-hydrogen) atoms. The van der Waals surface area contributed by atoms with Crippen LogP contribution in [-0.4, -0.2) is 45.1 Å². The van der Waals surface area contributed by atoms with Crippen LogP contribution in [-0.2, 0) is 14.4 Å². The van der Waals surface area contributed by atoms with Crippen LogP contribution >= 0.6 is 12.4 Å². The molecular weight excluding hydrogens is 224 g/mol. The lowest BCUT2D eigenvalue weighted by atomic mass is 10.8. The zero-order valence-corrected chi connectivity index (χ0v) is 7.42. The Kier molecular flexibility index (Phi) is 36.6. The van der Waals surface area contributed by atoms with Gasteiger partial charge in [0.25, 0.3) is 0 Å². The molecule has 0 aliphatic rings. The van der Waals surface area contributed by atoms with E-state index in [-0.39, 0.29) is 18.7 Å². The highest BCUT2D eigenvalue weighted by atomic mass is 35.5. The zero-order valence-electron chi connectivity index (χ0n) is 6.60. The molecule has 84 valence electrons. The number of carboxylic acids is 2. The third-order valence-electron chi connectivity index (χ3n) is 0.269. The second-order valence-electron chi connectivity index (χ2n) is 1.04. The van der Waals surface area contributed by atoms with Crippen molar-refractivity contribution in [2.45, 2.75) is 0 Å². The normalized spacial score (nSPS) is 6.71. The second-order valence-corrected chi connectivity index (χ2v) is 1.04. The van der Waals surface area contributed by atoms with E-state index < -0.39 is 11.9 Å². The Morgan fingerprint density at radius 2 is 1.43 bits per heavy atom. The highest BCUT2D eigenvalue weighted by Crippen LogP contribution is 1.50. The fraction of sp³-hybridized carbons (Fsp3) is 0. The molecule has 10 heteroatoms. The van der Waals surface area contributed by atoms with Crippen molar-refractivity contribution in [1.29, 1.82) is 0 Å². The summed E-state index contributed by atoms with van der Waals surface area (Å²) in [6.45, 7) is 0. The molecule has 0 aromatic rings. The van der Waals surface area contributed by atoms with Crippen LogP contribution in [0.1, 0.15) is 0 Å². The number of carboxylic acid groups (broad SMARTS) is 2. The molecule has 0 aliphatic heterocycles. The van der Waals surface area contributed by atoms with Gasteiger partial charge in [-0.25, -0.2) is 15.5 Å². The third-order valence-corrected chi connectivity index (χ3v) is 0.269. The Labute approximate surface area is 83.8 Å². The van der Waals surface area contributed by atoms with Gasteiger partial charge >= 0.3 is 11.9 Å². The number of halogens is 1. The first-order valence-electron chi connectivity index (χ1n) is 2.38. The van der Waals surface area contributed by atoms with Gasteiger partial charge in [-0.3, -0.25) is 4.79 Å². The van der Waals surface area contributed by atoms with E-state index in [2.05, 4.69) is 11.1 Å². The summed E-state index contributed by atoms with van der Waals surface area (Å²) in [5.41, 5.74) is 0. The summed E-state index contributed by atoms with van der Waals surface area (Å²) in [5.74, 6) is 0.822. The number of aliphatic carboxylic acids is 2. The van der Waals surface area contributed by atoms with Crippen molar-refractivity contribution < 1.29 is 35.0 Å². The number of hydrogen-bond donors (Lipinski definition) is 5. The molecule has 0 radical (unpaired) electrons. The van der Waals surface area contributed by atoms with Gasteiger partial charge in [0.2, 0.25) is 6.29 Å². The Balaban J connectivity index is -0.0000000576. The molecule has 0 atom stereocenters. The zero-order chi connectivity index (χ0) is 11.3. The Morgan fingerprint density at radius 3 is 1.43 bits per heavy atom. The summed E-state index contributed by atoms with van der Waals surface area (Å²) >= 11 is 0. The minimum atomic E-state index is -1.43. The fourth-order valence-corrected chi connectivity index (χ4v) is 0.0494. The van der Waals surface area contributed by atoms with Crippen molar-refractivity contribution in [3.05, 3.63) is 0 Å². The van der Waals surface area contributed by atoms with E-state index in [9.17, 15) is 4.79 Å². The summed E-state index contributed by atoms with van der Waals surface area (Å²) < 4.78 is 0. The SMILES string of the molecule is Cl.NO.O=C(O)/C=N/O.O=CC(=O)O. The van der Waals surface area contributed by atoms with Crippen LogP contribution in [0.25, 0.3) is 0 Å². The first-order valence-corrected chi connectivity index (χ1v) is 2.38. The van der Waals surface area contributed by atoms with Gasteiger partial charge < -0.3 is 20.6 Å². The van der Waals surface area contributed by atoms with Crippen molar-refractivity contribution in [3.63, 3.8) is 0 Å². The molecule has 0 amide bonds. The summed E-state index contributed by atoms with van der Waals surface area (Å²) in [5, 5.41) is 31.1. The highest BCUT2D eigenvalue weighted by Gasteiger charge is 1.81. The van der Waals surface area contributed by atoms with Crippen LogP contribution in [0.3, 0.4) is 0 Å². The molecule has 0 spiro atoms. The minimum Gasteiger partial charge on any atom is -0.477 e. The molecule has 0 unspecified atom stereocenters. The Hall–Kier alpha value is -1.71. The van der Waals surface area contributed by atoms with Gasteiger partial charge in [-0.05, 0) is 0 Å². The van der Waals surface area contributed by atoms with Crippen molar-refractivity contribution in [2.24, 2.45) is 11.1 Å². The van der Waals surface area contributed by atoms with E-state index in [1.54, 1.807) is 0 Å². The van der Waals surface area contributed by atoms with E-state index >= 15 is 0 Å². The lowest BCUT2D eigenvalue weighted by Gasteiger charge is -1.67. The number of oxime groups is 1. The molecule has 0 heterocycles. The molecule has 6 N–H and O–H groups in total. The summed E-state index contributed by atoms with van der Waals surface area (Å²) in [7, 11) is 0. The van der Waals surface area contributed by atoms with Crippen molar-refractivity contribution in [2.75, 3.05) is 0 Å². The van der Waals surface area contributed by atoms with Gasteiger partial charge in [0.1, 0.15) is 0 Å². The molecule has 0 saturated heterocycles. The first kappa shape index (κ1) is 22.8. The van der Waals surface area contributed by atoms with E-state index in [0.717, 1.165) is 0 Å². The largest absolute Gasteiger partial charge is 0.477 e. The van der Waals surface area contributed by atoms with Crippen molar-refractivity contribution in [1.82, 2.24) is 0 Å². The quantitative estimate of drug-likeness (QED) is 0.127. The maximum absolute atomic E-state index is 9.29. The summed E-state index contributed by atoms with van der Waals surface area (Å²) in [6.07, 6.45) is 0.222. The van der Waals surface area contributed by atoms with Crippen LogP contribution < -0.4 is 5.90 Å². The third kappa shape index (κ3) is 82.0. The lowest BCUT2D eigenvalue weighted by Crippen LogP contribution is -1.93. The predicted octanol–water partition coefficient (Wildman–Crippen LogP) is -1.44. The molecule has 0 bridgehead atoms. The molecule has 0 fully saturated rings. The molecule has 0 rings (SSSR count). The maximum atomic E-state index is 9.29. The number of aldehydes is 1. The van der Waals surface area contributed by atoms with Crippen LogP contribution in [0.5, 0.6) is 0 Å². The average Bonchev–Trinajstić information content (AvgIpc) is 2.09. The Bertz CT molecular complexity index is 183. The van der Waals surface area contributed by atoms with E-state index in [1.807, 2.05) is 0 Å². The van der Waals surface area contributed by atoms with Gasteiger partial charge in [0, 0.05) is 0 Å². The number of nitrogens with two attached hydrogens (primary N) is 1. The highest BCUT2D eigenvalue weighted by molar-refractivity contribution is 6.21. The minimum absolute atomic E-state index is 0. The van der Waals surface area contributed by atoms with Gasteiger partial charge in [0.05, 0.1) is 0 Å². The van der Waals surface area contributed by atoms with E-state index in [1.165, 1.54) is 0 Å². The molecule has 0 aromatic carbocycles. The summed E-state index contributed by atoms with van der Waals surface area (Å²) in [4.78, 5) is 27.2. The molecule has 0 aliphatic carbocycles. The monoisotopic (exact) mass is 232 g/mol. The number of carbonyl (C=O) groups excluding carboxylic acids is 1. The second kappa shape index (κ2) is 22.5. The number of rotatable bonds is 2. The van der Waals surface area contributed by atoms with Crippen LogP contribution in [0, 0.1) is 0 Å². The summed E-state index contributed by atoms with van der Waals surface area (Å²) in [6, 6.07) is 0. The molecule has 0 aromatic heterocycles. The van der Waals surface area contributed by atoms with E-state index in [0.29, 0.717) is 6.21 Å². The van der Waals surface area contributed by atoms with Gasteiger partial charge in [-0.2, -0.15) is 0 Å². The average molecular weight is 233 g/mol. The molecule has 0 saturated carbocycles. The number of hydrogen-bond acceptors (Lipinski definition) is 7. The van der Waals surface area contributed by atoms with Crippen LogP contribution in [0.4, 0.5) is 0 Å². The van der Waals surface area contributed by atoms with Crippen molar-refractivity contribution in [3.8, 4) is 0 Å². The van der Waals surface area contributed by atoms with Crippen LogP contribution in [0.15, 0.2) is 5.16 Å². The standard InChI is InChI=1S/C2H3NO3.C2H2O3.ClH.H3NO/c4-2(5)1-3-6;3-1-2(4)5;;1-2/h1,6H,(H,4,5);1H,(H,4,5);1H;2H,1H2/b3-1+;;;. The molecular formula is C4H9ClN2O7. The maximum Gasteiger partial charge on any atom is 0.368 e. The Morgan fingerprint density at radius 1 is 1.14 bits per heavy atom. The lowest BCUT2D eigenvalue weighted by molar-refractivity contribution is -0.143. The molecule has 9 nitrogen and oxygen atoms in total. The predicted molar refractivity (Wildman–Crippen MR) is 44.8 cm³/mol. The fourth-order valence-electron chi connectivity index (χ4n) is 0.0494. The number of carbonyl (C=O) groups is 3. The van der Waals surface area contributed by atoms with E-state index in [4.69, 9.17) is 30.2 Å². The van der Waals surface area contributed by atoms with Crippen LogP contribution in [0.2, 0.25) is 0 Å². The number of nitrogens with zero attached hydrogens (tertiary/aromatic N) is 1. The van der Waals surface area contributed by atoms with Gasteiger partial charge in [-0.15, -0.1) is 12.4 Å². The first-order chi connectivity index (χ1) is 6.04. The smallest absolute Gasteiger partial charge is 0.368 e. The van der Waals surface area contributed by atoms with Gasteiger partial charge in [-0.1, -0.05) is 5.16 Å². The topological polar surface area (TPSA) is 171 Å². The van der Waals surface area contributed by atoms with Gasteiger partial charge in [0.15, 0.2) is 6.21 Å². The van der Waals surface area contributed by atoms with Crippen molar-refractivity contribution >= 4 is 36.8 Å².